The van der Waals surface area contributed by atoms with Crippen molar-refractivity contribution >= 4 is 17.5 Å². The molecule has 2 amide bonds. The van der Waals surface area contributed by atoms with Gasteiger partial charge in [0.1, 0.15) is 11.4 Å². The molecule has 1 fully saturated rings. The van der Waals surface area contributed by atoms with E-state index < -0.39 is 5.91 Å². The second kappa shape index (κ2) is 7.75. The Morgan fingerprint density at radius 2 is 2.03 bits per heavy atom. The van der Waals surface area contributed by atoms with Gasteiger partial charge in [0.25, 0.3) is 0 Å². The van der Waals surface area contributed by atoms with Crippen molar-refractivity contribution < 1.29 is 14.3 Å². The molecule has 0 unspecified atom stereocenters. The zero-order valence-electron chi connectivity index (χ0n) is 16.0. The Morgan fingerprint density at radius 1 is 1.21 bits per heavy atom. The topological polar surface area (TPSA) is 103 Å². The van der Waals surface area contributed by atoms with Crippen LogP contribution in [-0.4, -0.2) is 40.2 Å². The second-order valence-corrected chi connectivity index (χ2v) is 6.78. The normalized spacial score (nSPS) is 13.7. The molecule has 1 aliphatic heterocycles. The fourth-order valence-electron chi connectivity index (χ4n) is 3.48. The average molecular weight is 391 g/mol. The number of hydrogen-bond donors (Lipinski definition) is 1. The van der Waals surface area contributed by atoms with Crippen LogP contribution in [0.3, 0.4) is 0 Å². The largest absolute Gasteiger partial charge is 0.494 e. The molecule has 4 rings (SSSR count). The molecule has 3 aromatic rings. The van der Waals surface area contributed by atoms with Crippen molar-refractivity contribution in [2.45, 2.75) is 19.3 Å². The maximum Gasteiger partial charge on any atom is 0.227 e. The molecular formula is C21H21N5O3. The first kappa shape index (κ1) is 18.7. The summed E-state index contributed by atoms with van der Waals surface area (Å²) in [4.78, 5) is 29.9. The fourth-order valence-corrected chi connectivity index (χ4v) is 3.48. The van der Waals surface area contributed by atoms with E-state index >= 15 is 0 Å². The standard InChI is InChI=1S/C21H21N5O3/c1-29-17-9-3-2-8-16(17)26-21(23-19(24-26)13-18(22)27)14-6-4-7-15(12-14)25-11-5-10-20(25)28/h2-4,6-9,12H,5,10-11,13H2,1H3,(H2,22,27). The van der Waals surface area contributed by atoms with Gasteiger partial charge in [-0.15, -0.1) is 0 Å². The highest BCUT2D eigenvalue weighted by molar-refractivity contribution is 5.95. The number of carbonyl (C=O) groups is 2. The van der Waals surface area contributed by atoms with E-state index in [1.807, 2.05) is 48.5 Å². The smallest absolute Gasteiger partial charge is 0.227 e. The number of rotatable bonds is 6. The number of ether oxygens (including phenoxy) is 1. The lowest BCUT2D eigenvalue weighted by molar-refractivity contribution is -0.118. The quantitative estimate of drug-likeness (QED) is 0.693. The molecule has 0 radical (unpaired) electrons. The molecule has 148 valence electrons. The van der Waals surface area contributed by atoms with Crippen LogP contribution in [-0.2, 0) is 16.0 Å². The number of primary amides is 1. The lowest BCUT2D eigenvalue weighted by atomic mass is 10.1. The van der Waals surface area contributed by atoms with E-state index in [0.717, 1.165) is 17.7 Å². The Labute approximate surface area is 167 Å². The number of hydrogen-bond acceptors (Lipinski definition) is 5. The maximum absolute atomic E-state index is 12.1. The number of carbonyl (C=O) groups excluding carboxylic acids is 2. The summed E-state index contributed by atoms with van der Waals surface area (Å²) in [6, 6.07) is 15.0. The van der Waals surface area contributed by atoms with Gasteiger partial charge in [0.15, 0.2) is 11.6 Å². The molecule has 0 saturated carbocycles. The zero-order valence-corrected chi connectivity index (χ0v) is 16.0. The number of anilines is 1. The first-order valence-corrected chi connectivity index (χ1v) is 9.35. The molecule has 0 aliphatic carbocycles. The molecule has 2 aromatic carbocycles. The Bertz CT molecular complexity index is 1080. The van der Waals surface area contributed by atoms with Crippen LogP contribution in [0.25, 0.3) is 17.1 Å². The van der Waals surface area contributed by atoms with Crippen LogP contribution < -0.4 is 15.4 Å². The predicted molar refractivity (Wildman–Crippen MR) is 108 cm³/mol. The average Bonchev–Trinajstić information content (AvgIpc) is 3.34. The highest BCUT2D eigenvalue weighted by Gasteiger charge is 2.23. The molecule has 1 saturated heterocycles. The van der Waals surface area contributed by atoms with Gasteiger partial charge in [0.2, 0.25) is 11.8 Å². The van der Waals surface area contributed by atoms with Crippen molar-refractivity contribution in [3.05, 3.63) is 54.4 Å². The summed E-state index contributed by atoms with van der Waals surface area (Å²) in [5.74, 6) is 1.09. The Hall–Kier alpha value is -3.68. The number of amides is 2. The van der Waals surface area contributed by atoms with E-state index in [0.29, 0.717) is 36.1 Å². The van der Waals surface area contributed by atoms with Gasteiger partial charge >= 0.3 is 0 Å². The SMILES string of the molecule is COc1ccccc1-n1nc(CC(N)=O)nc1-c1cccc(N2CCCC2=O)c1. The summed E-state index contributed by atoms with van der Waals surface area (Å²) < 4.78 is 7.11. The van der Waals surface area contributed by atoms with Gasteiger partial charge in [-0.3, -0.25) is 9.59 Å². The number of methoxy groups -OCH3 is 1. The predicted octanol–water partition coefficient (Wildman–Crippen LogP) is 2.10. The first-order valence-electron chi connectivity index (χ1n) is 9.35. The van der Waals surface area contributed by atoms with E-state index in [4.69, 9.17) is 10.5 Å². The van der Waals surface area contributed by atoms with Crippen LogP contribution in [0.4, 0.5) is 5.69 Å². The van der Waals surface area contributed by atoms with Crippen LogP contribution in [0.15, 0.2) is 48.5 Å². The molecule has 8 heteroatoms. The van der Waals surface area contributed by atoms with Gasteiger partial charge in [-0.25, -0.2) is 9.67 Å². The number of aromatic nitrogens is 3. The van der Waals surface area contributed by atoms with Gasteiger partial charge in [0.05, 0.1) is 13.5 Å². The fraction of sp³-hybridized carbons (Fsp3) is 0.238. The Balaban J connectivity index is 1.83. The van der Waals surface area contributed by atoms with Gasteiger partial charge in [-0.2, -0.15) is 5.10 Å². The second-order valence-electron chi connectivity index (χ2n) is 6.78. The molecule has 8 nitrogen and oxygen atoms in total. The van der Waals surface area contributed by atoms with Crippen molar-refractivity contribution in [2.24, 2.45) is 5.73 Å². The molecule has 1 aliphatic rings. The number of nitrogens with two attached hydrogens (primary N) is 1. The van der Waals surface area contributed by atoms with E-state index in [1.54, 1.807) is 16.7 Å². The summed E-state index contributed by atoms with van der Waals surface area (Å²) in [6.45, 7) is 0.703. The van der Waals surface area contributed by atoms with Crippen molar-refractivity contribution in [1.82, 2.24) is 14.8 Å². The minimum atomic E-state index is -0.509. The molecule has 2 heterocycles. The molecule has 0 atom stereocenters. The lowest BCUT2D eigenvalue weighted by Gasteiger charge is -2.17. The third-order valence-corrected chi connectivity index (χ3v) is 4.79. The highest BCUT2D eigenvalue weighted by Crippen LogP contribution is 2.30. The maximum atomic E-state index is 12.1. The number of para-hydroxylation sites is 2. The summed E-state index contributed by atoms with van der Waals surface area (Å²) in [7, 11) is 1.58. The zero-order chi connectivity index (χ0) is 20.4. The Kier molecular flexibility index (Phi) is 4.99. The molecule has 1 aromatic heterocycles. The van der Waals surface area contributed by atoms with Crippen LogP contribution in [0.1, 0.15) is 18.7 Å². The molecule has 0 spiro atoms. The van der Waals surface area contributed by atoms with Crippen molar-refractivity contribution in [2.75, 3.05) is 18.6 Å². The lowest BCUT2D eigenvalue weighted by Crippen LogP contribution is -2.23. The van der Waals surface area contributed by atoms with Crippen molar-refractivity contribution in [3.63, 3.8) is 0 Å². The van der Waals surface area contributed by atoms with Gasteiger partial charge in [-0.05, 0) is 30.7 Å². The highest BCUT2D eigenvalue weighted by atomic mass is 16.5. The Morgan fingerprint density at radius 3 is 2.76 bits per heavy atom. The van der Waals surface area contributed by atoms with E-state index in [2.05, 4.69) is 10.1 Å². The van der Waals surface area contributed by atoms with Crippen LogP contribution in [0.2, 0.25) is 0 Å². The van der Waals surface area contributed by atoms with Gasteiger partial charge in [-0.1, -0.05) is 24.3 Å². The van der Waals surface area contributed by atoms with Crippen LogP contribution in [0.5, 0.6) is 5.75 Å². The number of benzene rings is 2. The summed E-state index contributed by atoms with van der Waals surface area (Å²) >= 11 is 0. The minimum Gasteiger partial charge on any atom is -0.494 e. The third-order valence-electron chi connectivity index (χ3n) is 4.79. The van der Waals surface area contributed by atoms with E-state index in [1.165, 1.54) is 0 Å². The molecule has 29 heavy (non-hydrogen) atoms. The van der Waals surface area contributed by atoms with Crippen LogP contribution >= 0.6 is 0 Å². The van der Waals surface area contributed by atoms with Gasteiger partial charge in [0, 0.05) is 24.2 Å². The molecule has 0 bridgehead atoms. The monoisotopic (exact) mass is 391 g/mol. The van der Waals surface area contributed by atoms with Gasteiger partial charge < -0.3 is 15.4 Å². The molecule has 2 N–H and O–H groups in total. The minimum absolute atomic E-state index is 0.0700. The van der Waals surface area contributed by atoms with E-state index in [-0.39, 0.29) is 12.3 Å². The molecular weight excluding hydrogens is 370 g/mol. The first-order chi connectivity index (χ1) is 14.1. The summed E-state index contributed by atoms with van der Waals surface area (Å²) in [5.41, 5.74) is 7.62. The third kappa shape index (κ3) is 3.69. The summed E-state index contributed by atoms with van der Waals surface area (Å²) in [5, 5.41) is 4.49. The summed E-state index contributed by atoms with van der Waals surface area (Å²) in [6.07, 6.45) is 1.34. The van der Waals surface area contributed by atoms with Crippen LogP contribution in [0, 0.1) is 0 Å². The van der Waals surface area contributed by atoms with E-state index in [9.17, 15) is 9.59 Å². The van der Waals surface area contributed by atoms with Crippen molar-refractivity contribution in [3.8, 4) is 22.8 Å². The number of nitrogens with zero attached hydrogens (tertiary/aromatic N) is 4. The van der Waals surface area contributed by atoms with Crippen molar-refractivity contribution in [1.29, 1.82) is 0 Å².